The summed E-state index contributed by atoms with van der Waals surface area (Å²) in [5, 5.41) is 2.77. The van der Waals surface area contributed by atoms with E-state index in [1.807, 2.05) is 36.4 Å². The van der Waals surface area contributed by atoms with Crippen molar-refractivity contribution in [2.45, 2.75) is 56.6 Å². The molecule has 1 saturated heterocycles. The molecule has 4 rings (SSSR count). The average Bonchev–Trinajstić information content (AvgIpc) is 3.31. The number of esters is 1. The van der Waals surface area contributed by atoms with E-state index in [9.17, 15) is 18.0 Å². The van der Waals surface area contributed by atoms with Crippen LogP contribution >= 0.6 is 0 Å². The molecule has 2 aromatic carbocycles. The molecular formula is C25H30N2O5S. The van der Waals surface area contributed by atoms with Gasteiger partial charge < -0.3 is 10.1 Å². The van der Waals surface area contributed by atoms with Crippen LogP contribution in [0.3, 0.4) is 0 Å². The van der Waals surface area contributed by atoms with Crippen LogP contribution in [0.4, 0.5) is 0 Å². The van der Waals surface area contributed by atoms with Gasteiger partial charge in [-0.15, -0.1) is 0 Å². The third-order valence-corrected chi connectivity index (χ3v) is 8.36. The zero-order valence-electron chi connectivity index (χ0n) is 18.8. The molecule has 1 aliphatic heterocycles. The van der Waals surface area contributed by atoms with Gasteiger partial charge in [0.15, 0.2) is 6.10 Å². The molecule has 0 radical (unpaired) electrons. The number of carbonyl (C=O) groups is 2. The Balaban J connectivity index is 1.27. The van der Waals surface area contributed by atoms with E-state index in [1.165, 1.54) is 9.87 Å². The highest BCUT2D eigenvalue weighted by Crippen LogP contribution is 2.29. The van der Waals surface area contributed by atoms with E-state index in [2.05, 4.69) is 5.32 Å². The molecule has 0 spiro atoms. The van der Waals surface area contributed by atoms with E-state index in [4.69, 9.17) is 4.74 Å². The lowest BCUT2D eigenvalue weighted by Gasteiger charge is -2.30. The van der Waals surface area contributed by atoms with Crippen molar-refractivity contribution in [2.75, 3.05) is 13.1 Å². The van der Waals surface area contributed by atoms with Crippen molar-refractivity contribution in [3.63, 3.8) is 0 Å². The maximum absolute atomic E-state index is 13.1. The fraction of sp³-hybridized carbons (Fsp3) is 0.440. The number of ether oxygens (including phenoxy) is 1. The number of piperidine rings is 1. The first-order valence-electron chi connectivity index (χ1n) is 11.5. The van der Waals surface area contributed by atoms with Crippen molar-refractivity contribution < 1.29 is 22.7 Å². The Morgan fingerprint density at radius 2 is 1.76 bits per heavy atom. The fourth-order valence-electron chi connectivity index (χ4n) is 4.44. The summed E-state index contributed by atoms with van der Waals surface area (Å²) in [6.07, 6.45) is 2.84. The van der Waals surface area contributed by atoms with Gasteiger partial charge in [0.25, 0.3) is 5.91 Å². The van der Waals surface area contributed by atoms with Crippen LogP contribution in [0.2, 0.25) is 0 Å². The molecule has 7 nitrogen and oxygen atoms in total. The largest absolute Gasteiger partial charge is 0.452 e. The van der Waals surface area contributed by atoms with Crippen LogP contribution in [-0.2, 0) is 43.7 Å². The van der Waals surface area contributed by atoms with Crippen LogP contribution in [-0.4, -0.2) is 43.8 Å². The van der Waals surface area contributed by atoms with Gasteiger partial charge in [0.05, 0.1) is 10.8 Å². The second kappa shape index (κ2) is 10.1. The number of hydrogen-bond acceptors (Lipinski definition) is 5. The van der Waals surface area contributed by atoms with Gasteiger partial charge in [-0.2, -0.15) is 4.31 Å². The number of aryl methyl sites for hydroxylation is 2. The van der Waals surface area contributed by atoms with E-state index in [0.717, 1.165) is 30.4 Å². The normalized spacial score (nSPS) is 17.8. The summed E-state index contributed by atoms with van der Waals surface area (Å²) in [5.41, 5.74) is 3.31. The first-order valence-corrected chi connectivity index (χ1v) is 12.9. The van der Waals surface area contributed by atoms with Gasteiger partial charge in [-0.25, -0.2) is 8.42 Å². The number of benzene rings is 2. The number of sulfonamides is 1. The highest BCUT2D eigenvalue weighted by molar-refractivity contribution is 7.89. The molecule has 1 heterocycles. The predicted octanol–water partition coefficient (Wildman–Crippen LogP) is 2.82. The first kappa shape index (κ1) is 23.4. The number of nitrogens with zero attached hydrogens (tertiary/aromatic N) is 1. The highest BCUT2D eigenvalue weighted by Gasteiger charge is 2.34. The zero-order valence-corrected chi connectivity index (χ0v) is 19.6. The third kappa shape index (κ3) is 5.45. The predicted molar refractivity (Wildman–Crippen MR) is 124 cm³/mol. The second-order valence-electron chi connectivity index (χ2n) is 8.74. The van der Waals surface area contributed by atoms with Gasteiger partial charge in [-0.1, -0.05) is 36.4 Å². The summed E-state index contributed by atoms with van der Waals surface area (Å²) < 4.78 is 33.0. The van der Waals surface area contributed by atoms with Crippen molar-refractivity contribution in [1.82, 2.24) is 9.62 Å². The van der Waals surface area contributed by atoms with Gasteiger partial charge in [-0.05, 0) is 67.9 Å². The zero-order chi connectivity index (χ0) is 23.4. The van der Waals surface area contributed by atoms with Crippen molar-refractivity contribution in [3.8, 4) is 0 Å². The van der Waals surface area contributed by atoms with Crippen LogP contribution in [0.25, 0.3) is 0 Å². The molecule has 33 heavy (non-hydrogen) atoms. The Morgan fingerprint density at radius 1 is 1.06 bits per heavy atom. The summed E-state index contributed by atoms with van der Waals surface area (Å²) in [6, 6.07) is 14.9. The van der Waals surface area contributed by atoms with Crippen LogP contribution < -0.4 is 5.32 Å². The van der Waals surface area contributed by atoms with Gasteiger partial charge in [0, 0.05) is 19.6 Å². The lowest BCUT2D eigenvalue weighted by molar-refractivity contribution is -0.159. The number of hydrogen-bond donors (Lipinski definition) is 1. The lowest BCUT2D eigenvalue weighted by atomic mass is 9.98. The smallest absolute Gasteiger partial charge is 0.309 e. The van der Waals surface area contributed by atoms with Crippen molar-refractivity contribution >= 4 is 21.9 Å². The summed E-state index contributed by atoms with van der Waals surface area (Å²) in [4.78, 5) is 25.2. The molecule has 1 unspecified atom stereocenters. The third-order valence-electron chi connectivity index (χ3n) is 6.47. The van der Waals surface area contributed by atoms with Gasteiger partial charge in [-0.3, -0.25) is 9.59 Å². The Hall–Kier alpha value is -2.71. The molecule has 0 saturated carbocycles. The van der Waals surface area contributed by atoms with Crippen molar-refractivity contribution in [2.24, 2.45) is 5.92 Å². The second-order valence-corrected chi connectivity index (χ2v) is 10.7. The van der Waals surface area contributed by atoms with E-state index in [-0.39, 0.29) is 19.0 Å². The molecule has 2 aromatic rings. The molecule has 1 atom stereocenters. The van der Waals surface area contributed by atoms with Gasteiger partial charge in [0.2, 0.25) is 10.0 Å². The number of amides is 1. The van der Waals surface area contributed by atoms with Gasteiger partial charge >= 0.3 is 5.97 Å². The van der Waals surface area contributed by atoms with Crippen molar-refractivity contribution in [3.05, 3.63) is 65.2 Å². The van der Waals surface area contributed by atoms with Crippen LogP contribution in [0.5, 0.6) is 0 Å². The van der Waals surface area contributed by atoms with Gasteiger partial charge in [0.1, 0.15) is 0 Å². The molecule has 176 valence electrons. The molecule has 2 aliphatic rings. The Kier molecular flexibility index (Phi) is 7.14. The average molecular weight is 471 g/mol. The van der Waals surface area contributed by atoms with E-state index in [1.54, 1.807) is 19.1 Å². The Bertz CT molecular complexity index is 1110. The molecule has 1 fully saturated rings. The molecular weight excluding hydrogens is 440 g/mol. The quantitative estimate of drug-likeness (QED) is 0.628. The standard InChI is InChI=1S/C25H30N2O5S/c1-18(24(28)26-17-19-6-3-2-4-7-19)32-25(29)21-12-14-27(15-13-21)33(30,31)23-11-10-20-8-5-9-22(20)16-23/h2-4,6-7,10-11,16,18,21H,5,8-9,12-15,17H2,1H3,(H,26,28). The topological polar surface area (TPSA) is 92.8 Å². The Morgan fingerprint density at radius 3 is 2.48 bits per heavy atom. The molecule has 0 bridgehead atoms. The number of rotatable bonds is 7. The molecule has 1 amide bonds. The number of carbonyl (C=O) groups excluding carboxylic acids is 2. The fourth-order valence-corrected chi connectivity index (χ4v) is 5.96. The Labute approximate surface area is 195 Å². The number of nitrogens with one attached hydrogen (secondary N) is 1. The van der Waals surface area contributed by atoms with E-state index in [0.29, 0.717) is 24.3 Å². The van der Waals surface area contributed by atoms with E-state index >= 15 is 0 Å². The summed E-state index contributed by atoms with van der Waals surface area (Å²) >= 11 is 0. The first-order chi connectivity index (χ1) is 15.8. The summed E-state index contributed by atoms with van der Waals surface area (Å²) in [7, 11) is -3.59. The SMILES string of the molecule is CC(OC(=O)C1CCN(S(=O)(=O)c2ccc3c(c2)CCC3)CC1)C(=O)NCc1ccccc1. The molecule has 1 aliphatic carbocycles. The number of fused-ring (bicyclic) bond motifs is 1. The monoisotopic (exact) mass is 470 g/mol. The summed E-state index contributed by atoms with van der Waals surface area (Å²) in [6.45, 7) is 2.42. The molecule has 0 aromatic heterocycles. The minimum atomic E-state index is -3.59. The van der Waals surface area contributed by atoms with Crippen LogP contribution in [0.15, 0.2) is 53.4 Å². The highest BCUT2D eigenvalue weighted by atomic mass is 32.2. The molecule has 1 N–H and O–H groups in total. The van der Waals surface area contributed by atoms with Crippen molar-refractivity contribution in [1.29, 1.82) is 0 Å². The lowest BCUT2D eigenvalue weighted by Crippen LogP contribution is -2.42. The van der Waals surface area contributed by atoms with Crippen LogP contribution in [0, 0.1) is 5.92 Å². The van der Waals surface area contributed by atoms with E-state index < -0.39 is 28.0 Å². The minimum absolute atomic E-state index is 0.258. The minimum Gasteiger partial charge on any atom is -0.452 e. The maximum Gasteiger partial charge on any atom is 0.309 e. The maximum atomic E-state index is 13.1. The summed E-state index contributed by atoms with van der Waals surface area (Å²) in [5.74, 6) is -1.23. The molecule has 8 heteroatoms. The van der Waals surface area contributed by atoms with Crippen LogP contribution in [0.1, 0.15) is 42.9 Å².